The molecule has 0 fully saturated rings. The Morgan fingerprint density at radius 1 is 1.16 bits per heavy atom. The lowest BCUT2D eigenvalue weighted by Gasteiger charge is -2.03. The summed E-state index contributed by atoms with van der Waals surface area (Å²) in [5, 5.41) is 0. The fraction of sp³-hybridized carbons (Fsp3) is 0.562. The van der Waals surface area contributed by atoms with Gasteiger partial charge >= 0.3 is 0 Å². The Hall–Kier alpha value is -1.35. The van der Waals surface area contributed by atoms with Gasteiger partial charge in [0.2, 0.25) is 0 Å². The third-order valence-corrected chi connectivity index (χ3v) is 3.78. The smallest absolute Gasteiger partial charge is 0.109 e. The number of nitrogens with zero attached hydrogens (tertiary/aromatic N) is 2. The zero-order valence-corrected chi connectivity index (χ0v) is 12.2. The highest BCUT2D eigenvalue weighted by Crippen LogP contribution is 2.18. The van der Waals surface area contributed by atoms with Gasteiger partial charge < -0.3 is 10.3 Å². The van der Waals surface area contributed by atoms with E-state index in [2.05, 4.69) is 36.7 Å². The number of aromatic nitrogens is 2. The standard InChI is InChI=1S/C16H25N3/c1-3-4-5-6-7-8-16-18-14-10-9-13(12-17)11-15(14)19(16)2/h9-11H,3-8,12,17H2,1-2H3. The van der Waals surface area contributed by atoms with Crippen LogP contribution in [0.4, 0.5) is 0 Å². The Labute approximate surface area is 115 Å². The van der Waals surface area contributed by atoms with Crippen LogP contribution in [0.3, 0.4) is 0 Å². The van der Waals surface area contributed by atoms with Crippen LogP contribution in [-0.4, -0.2) is 9.55 Å². The number of hydrogen-bond acceptors (Lipinski definition) is 2. The van der Waals surface area contributed by atoms with Crippen molar-refractivity contribution >= 4 is 11.0 Å². The van der Waals surface area contributed by atoms with Crippen LogP contribution in [0.25, 0.3) is 11.0 Å². The van der Waals surface area contributed by atoms with E-state index in [-0.39, 0.29) is 0 Å². The van der Waals surface area contributed by atoms with Crippen molar-refractivity contribution in [3.8, 4) is 0 Å². The quantitative estimate of drug-likeness (QED) is 0.773. The fourth-order valence-corrected chi connectivity index (χ4v) is 2.52. The second-order valence-corrected chi connectivity index (χ2v) is 5.28. The van der Waals surface area contributed by atoms with E-state index in [4.69, 9.17) is 10.7 Å². The van der Waals surface area contributed by atoms with Crippen molar-refractivity contribution in [2.24, 2.45) is 12.8 Å². The van der Waals surface area contributed by atoms with Crippen LogP contribution in [0.2, 0.25) is 0 Å². The monoisotopic (exact) mass is 259 g/mol. The Kier molecular flexibility index (Phi) is 4.97. The molecule has 1 heterocycles. The molecule has 0 bridgehead atoms. The van der Waals surface area contributed by atoms with Crippen molar-refractivity contribution in [1.29, 1.82) is 0 Å². The number of aryl methyl sites for hydroxylation is 2. The predicted octanol–water partition coefficient (Wildman–Crippen LogP) is 3.54. The summed E-state index contributed by atoms with van der Waals surface area (Å²) >= 11 is 0. The first kappa shape index (κ1) is 14.1. The summed E-state index contributed by atoms with van der Waals surface area (Å²) in [6.45, 7) is 2.84. The van der Waals surface area contributed by atoms with Gasteiger partial charge in [-0.2, -0.15) is 0 Å². The van der Waals surface area contributed by atoms with Gasteiger partial charge in [0.25, 0.3) is 0 Å². The molecule has 0 atom stereocenters. The summed E-state index contributed by atoms with van der Waals surface area (Å²) in [5.41, 5.74) is 9.15. The molecule has 3 heteroatoms. The van der Waals surface area contributed by atoms with Crippen LogP contribution in [0.15, 0.2) is 18.2 Å². The zero-order chi connectivity index (χ0) is 13.7. The van der Waals surface area contributed by atoms with E-state index in [0.717, 1.165) is 11.9 Å². The fourth-order valence-electron chi connectivity index (χ4n) is 2.52. The maximum absolute atomic E-state index is 5.69. The first-order valence-electron chi connectivity index (χ1n) is 7.40. The maximum atomic E-state index is 5.69. The molecule has 2 rings (SSSR count). The van der Waals surface area contributed by atoms with Crippen molar-refractivity contribution in [2.45, 2.75) is 52.0 Å². The minimum absolute atomic E-state index is 0.591. The van der Waals surface area contributed by atoms with Crippen LogP contribution < -0.4 is 5.73 Å². The van der Waals surface area contributed by atoms with E-state index < -0.39 is 0 Å². The van der Waals surface area contributed by atoms with Crippen LogP contribution in [0.1, 0.15) is 50.4 Å². The average molecular weight is 259 g/mol. The molecule has 0 amide bonds. The molecule has 2 N–H and O–H groups in total. The Bertz CT molecular complexity index is 528. The predicted molar refractivity (Wildman–Crippen MR) is 81.1 cm³/mol. The Morgan fingerprint density at radius 3 is 2.68 bits per heavy atom. The first-order chi connectivity index (χ1) is 9.26. The number of fused-ring (bicyclic) bond motifs is 1. The molecule has 0 radical (unpaired) electrons. The van der Waals surface area contributed by atoms with Gasteiger partial charge in [-0.1, -0.05) is 38.7 Å². The number of hydrogen-bond donors (Lipinski definition) is 1. The molecule has 1 aromatic heterocycles. The van der Waals surface area contributed by atoms with Gasteiger partial charge in [-0.15, -0.1) is 0 Å². The number of imidazole rings is 1. The lowest BCUT2D eigenvalue weighted by Crippen LogP contribution is -1.99. The summed E-state index contributed by atoms with van der Waals surface area (Å²) < 4.78 is 2.22. The van der Waals surface area contributed by atoms with Crippen LogP contribution in [0, 0.1) is 0 Å². The van der Waals surface area contributed by atoms with Crippen LogP contribution in [0.5, 0.6) is 0 Å². The molecule has 3 nitrogen and oxygen atoms in total. The molecule has 0 saturated heterocycles. The van der Waals surface area contributed by atoms with Crippen molar-refractivity contribution in [2.75, 3.05) is 0 Å². The van der Waals surface area contributed by atoms with Crippen LogP contribution in [-0.2, 0) is 20.0 Å². The SMILES string of the molecule is CCCCCCCc1nc2ccc(CN)cc2n1C. The average Bonchev–Trinajstić information content (AvgIpc) is 2.75. The first-order valence-corrected chi connectivity index (χ1v) is 7.40. The molecule has 2 aromatic rings. The second kappa shape index (κ2) is 6.71. The van der Waals surface area contributed by atoms with Crippen molar-refractivity contribution in [3.63, 3.8) is 0 Å². The highest BCUT2D eigenvalue weighted by molar-refractivity contribution is 5.76. The molecule has 0 aliphatic heterocycles. The highest BCUT2D eigenvalue weighted by Gasteiger charge is 2.07. The third kappa shape index (κ3) is 3.35. The van der Waals surface area contributed by atoms with Crippen molar-refractivity contribution in [1.82, 2.24) is 9.55 Å². The molecule has 0 spiro atoms. The summed E-state index contributed by atoms with van der Waals surface area (Å²) in [6, 6.07) is 6.31. The largest absolute Gasteiger partial charge is 0.331 e. The van der Waals surface area contributed by atoms with Gasteiger partial charge in [0.15, 0.2) is 0 Å². The Morgan fingerprint density at radius 2 is 1.95 bits per heavy atom. The number of rotatable bonds is 7. The van der Waals surface area contributed by atoms with Gasteiger partial charge in [-0.25, -0.2) is 4.98 Å². The molecule has 19 heavy (non-hydrogen) atoms. The molecular formula is C16H25N3. The van der Waals surface area contributed by atoms with Gasteiger partial charge in [-0.05, 0) is 24.1 Å². The van der Waals surface area contributed by atoms with E-state index in [1.54, 1.807) is 0 Å². The topological polar surface area (TPSA) is 43.8 Å². The number of nitrogens with two attached hydrogens (primary N) is 1. The molecule has 0 saturated carbocycles. The summed E-state index contributed by atoms with van der Waals surface area (Å²) in [6.07, 6.45) is 7.62. The van der Waals surface area contributed by atoms with E-state index in [1.165, 1.54) is 49.0 Å². The van der Waals surface area contributed by atoms with E-state index in [9.17, 15) is 0 Å². The maximum Gasteiger partial charge on any atom is 0.109 e. The molecule has 0 aliphatic rings. The minimum Gasteiger partial charge on any atom is -0.331 e. The molecular weight excluding hydrogens is 234 g/mol. The second-order valence-electron chi connectivity index (χ2n) is 5.28. The van der Waals surface area contributed by atoms with E-state index in [0.29, 0.717) is 6.54 Å². The van der Waals surface area contributed by atoms with E-state index >= 15 is 0 Å². The van der Waals surface area contributed by atoms with Crippen LogP contribution >= 0.6 is 0 Å². The normalized spacial score (nSPS) is 11.3. The summed E-state index contributed by atoms with van der Waals surface area (Å²) in [5.74, 6) is 1.20. The number of benzene rings is 1. The van der Waals surface area contributed by atoms with Gasteiger partial charge in [0, 0.05) is 20.0 Å². The minimum atomic E-state index is 0.591. The molecule has 104 valence electrons. The molecule has 1 aromatic carbocycles. The highest BCUT2D eigenvalue weighted by atomic mass is 15.1. The summed E-state index contributed by atoms with van der Waals surface area (Å²) in [7, 11) is 2.11. The molecule has 0 unspecified atom stereocenters. The zero-order valence-electron chi connectivity index (χ0n) is 12.2. The van der Waals surface area contributed by atoms with Gasteiger partial charge in [-0.3, -0.25) is 0 Å². The van der Waals surface area contributed by atoms with E-state index in [1.807, 2.05) is 0 Å². The third-order valence-electron chi connectivity index (χ3n) is 3.78. The summed E-state index contributed by atoms with van der Waals surface area (Å²) in [4.78, 5) is 4.73. The van der Waals surface area contributed by atoms with Gasteiger partial charge in [0.05, 0.1) is 11.0 Å². The van der Waals surface area contributed by atoms with Crippen molar-refractivity contribution < 1.29 is 0 Å². The van der Waals surface area contributed by atoms with Gasteiger partial charge in [0.1, 0.15) is 5.82 Å². The molecule has 0 aliphatic carbocycles. The lowest BCUT2D eigenvalue weighted by atomic mass is 10.1. The number of unbranched alkanes of at least 4 members (excludes halogenated alkanes) is 4. The Balaban J connectivity index is 2.05. The van der Waals surface area contributed by atoms with Crippen molar-refractivity contribution in [3.05, 3.63) is 29.6 Å². The lowest BCUT2D eigenvalue weighted by molar-refractivity contribution is 0.616.